The van der Waals surface area contributed by atoms with Crippen LogP contribution in [0, 0.1) is 6.92 Å². The monoisotopic (exact) mass is 396 g/mol. The van der Waals surface area contributed by atoms with Crippen molar-refractivity contribution in [3.05, 3.63) is 82.3 Å². The van der Waals surface area contributed by atoms with Gasteiger partial charge in [0.2, 0.25) is 0 Å². The fourth-order valence-corrected chi connectivity index (χ4v) is 2.87. The fraction of sp³-hybridized carbons (Fsp3) is 0.105. The van der Waals surface area contributed by atoms with Crippen molar-refractivity contribution in [2.24, 2.45) is 0 Å². The standard InChI is InChI=1S/C19H17BrN4O/c1-13-2-3-18(17(20)8-13)24-19(25)15-9-16(12-22-11-15)23-10-14-4-6-21-7-5-14/h2-9,11-12,23H,10H2,1H3,(H,24,25). The molecule has 3 rings (SSSR count). The first-order valence-corrected chi connectivity index (χ1v) is 8.56. The molecule has 2 aromatic heterocycles. The minimum Gasteiger partial charge on any atom is -0.380 e. The topological polar surface area (TPSA) is 66.9 Å². The largest absolute Gasteiger partial charge is 0.380 e. The minimum atomic E-state index is -0.204. The van der Waals surface area contributed by atoms with E-state index in [1.165, 1.54) is 0 Å². The number of nitrogens with one attached hydrogen (secondary N) is 2. The molecule has 3 aromatic rings. The second-order valence-corrected chi connectivity index (χ2v) is 6.46. The average Bonchev–Trinajstić information content (AvgIpc) is 2.63. The lowest BCUT2D eigenvalue weighted by atomic mass is 10.2. The lowest BCUT2D eigenvalue weighted by Crippen LogP contribution is -2.13. The number of amides is 1. The normalized spacial score (nSPS) is 10.3. The highest BCUT2D eigenvalue weighted by Crippen LogP contribution is 2.24. The zero-order valence-electron chi connectivity index (χ0n) is 13.7. The molecule has 0 spiro atoms. The molecule has 0 unspecified atom stereocenters. The molecule has 0 saturated carbocycles. The Kier molecular flexibility index (Phi) is 5.40. The molecule has 0 aliphatic carbocycles. The van der Waals surface area contributed by atoms with E-state index in [4.69, 9.17) is 0 Å². The molecule has 0 saturated heterocycles. The molecule has 126 valence electrons. The molecule has 6 heteroatoms. The number of anilines is 2. The average molecular weight is 397 g/mol. The van der Waals surface area contributed by atoms with Crippen molar-refractivity contribution in [1.29, 1.82) is 0 Å². The van der Waals surface area contributed by atoms with Crippen LogP contribution in [0.3, 0.4) is 0 Å². The van der Waals surface area contributed by atoms with E-state index in [2.05, 4.69) is 36.5 Å². The van der Waals surface area contributed by atoms with E-state index >= 15 is 0 Å². The summed E-state index contributed by atoms with van der Waals surface area (Å²) < 4.78 is 0.848. The van der Waals surface area contributed by atoms with Gasteiger partial charge in [-0.15, -0.1) is 0 Å². The predicted molar refractivity (Wildman–Crippen MR) is 103 cm³/mol. The zero-order chi connectivity index (χ0) is 17.6. The molecule has 2 heterocycles. The summed E-state index contributed by atoms with van der Waals surface area (Å²) in [5.74, 6) is -0.204. The zero-order valence-corrected chi connectivity index (χ0v) is 15.2. The summed E-state index contributed by atoms with van der Waals surface area (Å²) in [5.41, 5.74) is 4.23. The molecule has 0 radical (unpaired) electrons. The van der Waals surface area contributed by atoms with Gasteiger partial charge < -0.3 is 10.6 Å². The van der Waals surface area contributed by atoms with E-state index in [1.807, 2.05) is 37.3 Å². The van der Waals surface area contributed by atoms with Crippen LogP contribution in [0.25, 0.3) is 0 Å². The Morgan fingerprint density at radius 3 is 2.64 bits per heavy atom. The molecular weight excluding hydrogens is 380 g/mol. The molecule has 0 bridgehead atoms. The van der Waals surface area contributed by atoms with Gasteiger partial charge in [0.1, 0.15) is 0 Å². The lowest BCUT2D eigenvalue weighted by molar-refractivity contribution is 0.102. The number of hydrogen-bond donors (Lipinski definition) is 2. The van der Waals surface area contributed by atoms with Gasteiger partial charge in [-0.3, -0.25) is 14.8 Å². The van der Waals surface area contributed by atoms with E-state index in [9.17, 15) is 4.79 Å². The predicted octanol–water partition coefficient (Wildman–Crippen LogP) is 4.41. The highest BCUT2D eigenvalue weighted by molar-refractivity contribution is 9.10. The van der Waals surface area contributed by atoms with Crippen molar-refractivity contribution < 1.29 is 4.79 Å². The highest BCUT2D eigenvalue weighted by atomic mass is 79.9. The van der Waals surface area contributed by atoms with Crippen LogP contribution in [0.15, 0.2) is 65.7 Å². The first-order chi connectivity index (χ1) is 12.1. The molecule has 2 N–H and O–H groups in total. The second-order valence-electron chi connectivity index (χ2n) is 5.61. The number of carbonyl (C=O) groups excluding carboxylic acids is 1. The number of benzene rings is 1. The van der Waals surface area contributed by atoms with Crippen LogP contribution in [0.4, 0.5) is 11.4 Å². The maximum absolute atomic E-state index is 12.5. The van der Waals surface area contributed by atoms with Crippen LogP contribution < -0.4 is 10.6 Å². The van der Waals surface area contributed by atoms with Crippen molar-refractivity contribution in [2.75, 3.05) is 10.6 Å². The summed E-state index contributed by atoms with van der Waals surface area (Å²) in [6, 6.07) is 11.4. The quantitative estimate of drug-likeness (QED) is 0.669. The third kappa shape index (κ3) is 4.64. The van der Waals surface area contributed by atoms with Crippen molar-refractivity contribution in [3.63, 3.8) is 0 Å². The Hall–Kier alpha value is -2.73. The number of nitrogens with zero attached hydrogens (tertiary/aromatic N) is 2. The van der Waals surface area contributed by atoms with Gasteiger partial charge in [0.15, 0.2) is 0 Å². The third-order valence-corrected chi connectivity index (χ3v) is 4.28. The van der Waals surface area contributed by atoms with E-state index in [0.717, 1.165) is 27.0 Å². The van der Waals surface area contributed by atoms with E-state index < -0.39 is 0 Å². The number of hydrogen-bond acceptors (Lipinski definition) is 4. The van der Waals surface area contributed by atoms with Gasteiger partial charge in [0, 0.05) is 35.8 Å². The van der Waals surface area contributed by atoms with Gasteiger partial charge in [-0.1, -0.05) is 6.07 Å². The number of aryl methyl sites for hydroxylation is 1. The van der Waals surface area contributed by atoms with Crippen LogP contribution in [0.2, 0.25) is 0 Å². The molecule has 25 heavy (non-hydrogen) atoms. The Morgan fingerprint density at radius 2 is 1.88 bits per heavy atom. The van der Waals surface area contributed by atoms with Crippen LogP contribution in [0.5, 0.6) is 0 Å². The summed E-state index contributed by atoms with van der Waals surface area (Å²) in [6.45, 7) is 2.64. The highest BCUT2D eigenvalue weighted by Gasteiger charge is 2.09. The van der Waals surface area contributed by atoms with Crippen molar-refractivity contribution in [2.45, 2.75) is 13.5 Å². The summed E-state index contributed by atoms with van der Waals surface area (Å²) in [4.78, 5) is 20.6. The van der Waals surface area contributed by atoms with Gasteiger partial charge in [-0.2, -0.15) is 0 Å². The maximum Gasteiger partial charge on any atom is 0.257 e. The SMILES string of the molecule is Cc1ccc(NC(=O)c2cncc(NCc3ccncc3)c2)c(Br)c1. The van der Waals surface area contributed by atoms with Gasteiger partial charge >= 0.3 is 0 Å². The summed E-state index contributed by atoms with van der Waals surface area (Å²) in [5, 5.41) is 6.15. The number of halogens is 1. The summed E-state index contributed by atoms with van der Waals surface area (Å²) in [7, 11) is 0. The molecule has 0 aliphatic heterocycles. The first kappa shape index (κ1) is 17.1. The maximum atomic E-state index is 12.5. The van der Waals surface area contributed by atoms with Crippen molar-refractivity contribution >= 4 is 33.2 Å². The fourth-order valence-electron chi connectivity index (χ4n) is 2.28. The van der Waals surface area contributed by atoms with Crippen LogP contribution in [-0.2, 0) is 6.54 Å². The van der Waals surface area contributed by atoms with Gasteiger partial charge in [0.25, 0.3) is 5.91 Å². The van der Waals surface area contributed by atoms with E-state index in [0.29, 0.717) is 12.1 Å². The number of rotatable bonds is 5. The van der Waals surface area contributed by atoms with Gasteiger partial charge in [-0.05, 0) is 64.3 Å². The first-order valence-electron chi connectivity index (χ1n) is 7.77. The van der Waals surface area contributed by atoms with E-state index in [-0.39, 0.29) is 5.91 Å². The molecule has 0 fully saturated rings. The molecule has 0 aliphatic rings. The third-order valence-electron chi connectivity index (χ3n) is 3.62. The van der Waals surface area contributed by atoms with E-state index in [1.54, 1.807) is 30.9 Å². The summed E-state index contributed by atoms with van der Waals surface area (Å²) in [6.07, 6.45) is 6.74. The van der Waals surface area contributed by atoms with Crippen molar-refractivity contribution in [3.8, 4) is 0 Å². The summed E-state index contributed by atoms with van der Waals surface area (Å²) >= 11 is 3.47. The Balaban J connectivity index is 1.69. The second kappa shape index (κ2) is 7.90. The lowest BCUT2D eigenvalue weighted by Gasteiger charge is -2.10. The van der Waals surface area contributed by atoms with Crippen molar-refractivity contribution in [1.82, 2.24) is 9.97 Å². The van der Waals surface area contributed by atoms with Crippen LogP contribution in [0.1, 0.15) is 21.5 Å². The molecule has 0 atom stereocenters. The number of carbonyl (C=O) groups is 1. The molecule has 5 nitrogen and oxygen atoms in total. The smallest absolute Gasteiger partial charge is 0.257 e. The number of pyridine rings is 2. The van der Waals surface area contributed by atoms with Crippen LogP contribution >= 0.6 is 15.9 Å². The molecule has 1 aromatic carbocycles. The Labute approximate surface area is 154 Å². The van der Waals surface area contributed by atoms with Gasteiger partial charge in [-0.25, -0.2) is 0 Å². The Morgan fingerprint density at radius 1 is 1.08 bits per heavy atom. The molecule has 1 amide bonds. The number of aromatic nitrogens is 2. The minimum absolute atomic E-state index is 0.204. The van der Waals surface area contributed by atoms with Gasteiger partial charge in [0.05, 0.1) is 16.9 Å². The molecular formula is C19H17BrN4O. The van der Waals surface area contributed by atoms with Crippen LogP contribution in [-0.4, -0.2) is 15.9 Å². The Bertz CT molecular complexity index is 884.